The van der Waals surface area contributed by atoms with E-state index in [1.165, 1.54) is 30.0 Å². The standard InChI is InChI=1S/C14H17BrFN7O2S/c15-9-7-8(1-2-10(9)16)21-12(17)11-13(23-25-22-11)26-6-4-20-14(18)19-3-5-24/h1-2,7,24H,3-6H2,(H2,17,21)(H3,18,19,20). The van der Waals surface area contributed by atoms with Gasteiger partial charge in [0.15, 0.2) is 22.5 Å². The van der Waals surface area contributed by atoms with Crippen LogP contribution in [0, 0.1) is 5.82 Å². The van der Waals surface area contributed by atoms with Gasteiger partial charge in [-0.15, -0.1) is 0 Å². The fraction of sp³-hybridized carbons (Fsp3) is 0.286. The van der Waals surface area contributed by atoms with Crippen molar-refractivity contribution in [2.24, 2.45) is 21.5 Å². The third-order valence-corrected chi connectivity index (χ3v) is 4.44. The highest BCUT2D eigenvalue weighted by molar-refractivity contribution is 9.10. The summed E-state index contributed by atoms with van der Waals surface area (Å²) in [4.78, 5) is 8.09. The number of aromatic nitrogens is 2. The SMILES string of the molecule is NC(=NCCO)NCCSc1nonc1C(N)=Nc1ccc(F)c(Br)c1. The number of nitrogens with one attached hydrogen (secondary N) is 1. The third kappa shape index (κ3) is 5.97. The minimum atomic E-state index is -0.392. The minimum absolute atomic E-state index is 0.0612. The van der Waals surface area contributed by atoms with Crippen LogP contribution in [0.4, 0.5) is 10.1 Å². The normalized spacial score (nSPS) is 12.4. The van der Waals surface area contributed by atoms with Crippen LogP contribution < -0.4 is 16.8 Å². The number of rotatable bonds is 8. The van der Waals surface area contributed by atoms with Gasteiger partial charge in [0.2, 0.25) is 0 Å². The summed E-state index contributed by atoms with van der Waals surface area (Å²) in [6.07, 6.45) is 0. The smallest absolute Gasteiger partial charge is 0.188 e. The summed E-state index contributed by atoms with van der Waals surface area (Å²) in [6, 6.07) is 4.27. The second-order valence-corrected chi connectivity index (χ2v) is 6.72. The number of aliphatic hydroxyl groups is 1. The van der Waals surface area contributed by atoms with Crippen LogP contribution in [-0.4, -0.2) is 52.7 Å². The van der Waals surface area contributed by atoms with Crippen molar-refractivity contribution >= 4 is 45.2 Å². The zero-order chi connectivity index (χ0) is 18.9. The average molecular weight is 446 g/mol. The average Bonchev–Trinajstić information content (AvgIpc) is 3.08. The number of aliphatic imine (C=N–C) groups is 2. The summed E-state index contributed by atoms with van der Waals surface area (Å²) >= 11 is 4.44. The predicted octanol–water partition coefficient (Wildman–Crippen LogP) is 0.997. The van der Waals surface area contributed by atoms with Crippen LogP contribution >= 0.6 is 27.7 Å². The van der Waals surface area contributed by atoms with Crippen LogP contribution in [0.25, 0.3) is 0 Å². The first kappa shape index (κ1) is 20.1. The summed E-state index contributed by atoms with van der Waals surface area (Å²) in [5.74, 6) is 0.549. The van der Waals surface area contributed by atoms with E-state index in [4.69, 9.17) is 21.2 Å². The number of hydrogen-bond donors (Lipinski definition) is 4. The Morgan fingerprint density at radius 2 is 2.19 bits per heavy atom. The van der Waals surface area contributed by atoms with Crippen LogP contribution in [0.15, 0.2) is 42.3 Å². The molecule has 0 atom stereocenters. The molecule has 1 heterocycles. The quantitative estimate of drug-likeness (QED) is 0.203. The van der Waals surface area contributed by atoms with Crippen LogP contribution in [0.1, 0.15) is 5.69 Å². The molecule has 2 rings (SSSR count). The highest BCUT2D eigenvalue weighted by Crippen LogP contribution is 2.24. The molecule has 0 saturated heterocycles. The molecule has 0 saturated carbocycles. The van der Waals surface area contributed by atoms with Crippen molar-refractivity contribution in [3.63, 3.8) is 0 Å². The molecule has 1 aromatic carbocycles. The first-order chi connectivity index (χ1) is 12.5. The van der Waals surface area contributed by atoms with E-state index in [1.807, 2.05) is 0 Å². The van der Waals surface area contributed by atoms with Gasteiger partial charge in [-0.05, 0) is 44.4 Å². The van der Waals surface area contributed by atoms with Crippen molar-refractivity contribution < 1.29 is 14.1 Å². The molecule has 0 aliphatic rings. The van der Waals surface area contributed by atoms with E-state index in [1.54, 1.807) is 0 Å². The third-order valence-electron chi connectivity index (χ3n) is 2.88. The monoisotopic (exact) mass is 445 g/mol. The molecule has 9 nitrogen and oxygen atoms in total. The van der Waals surface area contributed by atoms with Gasteiger partial charge in [0, 0.05) is 12.3 Å². The molecular formula is C14H17BrFN7O2S. The highest BCUT2D eigenvalue weighted by Gasteiger charge is 2.15. The molecule has 6 N–H and O–H groups in total. The summed E-state index contributed by atoms with van der Waals surface area (Å²) in [6.45, 7) is 0.698. The molecule has 0 spiro atoms. The Kier molecular flexibility index (Phi) is 7.81. The maximum Gasteiger partial charge on any atom is 0.188 e. The van der Waals surface area contributed by atoms with Gasteiger partial charge in [-0.25, -0.2) is 14.0 Å². The van der Waals surface area contributed by atoms with Gasteiger partial charge in [0.1, 0.15) is 5.82 Å². The fourth-order valence-corrected chi connectivity index (χ4v) is 2.86. The van der Waals surface area contributed by atoms with Crippen LogP contribution in [-0.2, 0) is 0 Å². The van der Waals surface area contributed by atoms with E-state index in [9.17, 15) is 4.39 Å². The highest BCUT2D eigenvalue weighted by atomic mass is 79.9. The maximum absolute atomic E-state index is 13.3. The fourth-order valence-electron chi connectivity index (χ4n) is 1.73. The van der Waals surface area contributed by atoms with Gasteiger partial charge in [0.25, 0.3) is 0 Å². The van der Waals surface area contributed by atoms with E-state index < -0.39 is 5.82 Å². The molecule has 0 aliphatic carbocycles. The van der Waals surface area contributed by atoms with Crippen molar-refractivity contribution in [2.75, 3.05) is 25.4 Å². The molecule has 1 aromatic heterocycles. The number of halogens is 2. The summed E-state index contributed by atoms with van der Waals surface area (Å²) in [5.41, 5.74) is 12.3. The summed E-state index contributed by atoms with van der Waals surface area (Å²) in [5, 5.41) is 19.6. The number of thioether (sulfide) groups is 1. The maximum atomic E-state index is 13.3. The Morgan fingerprint density at radius 1 is 1.38 bits per heavy atom. The molecule has 0 radical (unpaired) electrons. The second-order valence-electron chi connectivity index (χ2n) is 4.78. The lowest BCUT2D eigenvalue weighted by atomic mass is 10.3. The second kappa shape index (κ2) is 10.1. The Labute approximate surface area is 161 Å². The molecule has 2 aromatic rings. The molecule has 140 valence electrons. The van der Waals surface area contributed by atoms with Crippen LogP contribution in [0.5, 0.6) is 0 Å². The minimum Gasteiger partial charge on any atom is -0.394 e. The number of amidine groups is 1. The zero-order valence-corrected chi connectivity index (χ0v) is 15.9. The van der Waals surface area contributed by atoms with E-state index >= 15 is 0 Å². The van der Waals surface area contributed by atoms with Gasteiger partial charge in [-0.2, -0.15) is 0 Å². The van der Waals surface area contributed by atoms with E-state index in [2.05, 4.69) is 41.5 Å². The first-order valence-corrected chi connectivity index (χ1v) is 9.18. The Bertz CT molecular complexity index is 799. The molecule has 12 heteroatoms. The summed E-state index contributed by atoms with van der Waals surface area (Å²) < 4.78 is 18.3. The number of nitrogens with two attached hydrogens (primary N) is 2. The summed E-state index contributed by atoms with van der Waals surface area (Å²) in [7, 11) is 0. The van der Waals surface area contributed by atoms with E-state index in [-0.39, 0.29) is 29.4 Å². The van der Waals surface area contributed by atoms with Gasteiger partial charge >= 0.3 is 0 Å². The number of nitrogens with zero attached hydrogens (tertiary/aromatic N) is 4. The van der Waals surface area contributed by atoms with Crippen LogP contribution in [0.3, 0.4) is 0 Å². The predicted molar refractivity (Wildman–Crippen MR) is 101 cm³/mol. The lowest BCUT2D eigenvalue weighted by molar-refractivity contribution is 0.298. The molecule has 0 bridgehead atoms. The van der Waals surface area contributed by atoms with E-state index in [0.717, 1.165) is 0 Å². The van der Waals surface area contributed by atoms with Crippen molar-refractivity contribution in [1.82, 2.24) is 15.6 Å². The lowest BCUT2D eigenvalue weighted by Gasteiger charge is -2.04. The molecule has 0 fully saturated rings. The van der Waals surface area contributed by atoms with Crippen LogP contribution in [0.2, 0.25) is 0 Å². The topological polar surface area (TPSA) is 148 Å². The zero-order valence-electron chi connectivity index (χ0n) is 13.5. The Hall–Kier alpha value is -2.18. The molecule has 0 unspecified atom stereocenters. The Morgan fingerprint density at radius 3 is 2.92 bits per heavy atom. The van der Waals surface area contributed by atoms with Gasteiger partial charge in [-0.1, -0.05) is 11.8 Å². The van der Waals surface area contributed by atoms with E-state index in [0.29, 0.717) is 28.7 Å². The molecular weight excluding hydrogens is 429 g/mol. The van der Waals surface area contributed by atoms with Gasteiger partial charge < -0.3 is 21.9 Å². The molecule has 0 amide bonds. The first-order valence-electron chi connectivity index (χ1n) is 7.41. The van der Waals surface area contributed by atoms with Crippen molar-refractivity contribution in [3.8, 4) is 0 Å². The van der Waals surface area contributed by atoms with Crippen molar-refractivity contribution in [2.45, 2.75) is 5.03 Å². The van der Waals surface area contributed by atoms with Crippen molar-refractivity contribution in [3.05, 3.63) is 34.2 Å². The Balaban J connectivity index is 1.96. The van der Waals surface area contributed by atoms with Gasteiger partial charge in [-0.3, -0.25) is 4.99 Å². The number of aliphatic hydroxyl groups excluding tert-OH is 1. The van der Waals surface area contributed by atoms with Gasteiger partial charge in [0.05, 0.1) is 23.3 Å². The number of hydrogen-bond acceptors (Lipinski definition) is 7. The molecule has 26 heavy (non-hydrogen) atoms. The number of benzene rings is 1. The number of guanidine groups is 1. The lowest BCUT2D eigenvalue weighted by Crippen LogP contribution is -2.33. The largest absolute Gasteiger partial charge is 0.394 e. The van der Waals surface area contributed by atoms with Crippen molar-refractivity contribution in [1.29, 1.82) is 0 Å². The molecule has 0 aliphatic heterocycles.